The molecule has 1 aliphatic carbocycles. The maximum Gasteiger partial charge on any atom is 0.0825 e. The fourth-order valence-corrected chi connectivity index (χ4v) is 2.78. The van der Waals surface area contributed by atoms with Gasteiger partial charge >= 0.3 is 0 Å². The summed E-state index contributed by atoms with van der Waals surface area (Å²) in [5, 5.41) is 10.7. The standard InChI is InChI=1S/C14H18O2S/c15-9-4-3-5-12-8-10-17-14(12)11-16-13-6-1-2-7-13/h8,10,13,15H,1-2,4,6-7,9,11H2. The number of aliphatic hydroxyl groups is 1. The zero-order valence-corrected chi connectivity index (χ0v) is 10.8. The third-order valence-electron chi connectivity index (χ3n) is 2.96. The zero-order chi connectivity index (χ0) is 11.9. The molecule has 92 valence electrons. The number of ether oxygens (including phenoxy) is 1. The van der Waals surface area contributed by atoms with Gasteiger partial charge in [-0.2, -0.15) is 0 Å². The quantitative estimate of drug-likeness (QED) is 0.833. The van der Waals surface area contributed by atoms with Crippen molar-refractivity contribution in [3.63, 3.8) is 0 Å². The van der Waals surface area contributed by atoms with Gasteiger partial charge in [-0.25, -0.2) is 0 Å². The summed E-state index contributed by atoms with van der Waals surface area (Å²) in [7, 11) is 0. The molecular formula is C14H18O2S. The molecule has 1 N–H and O–H groups in total. The van der Waals surface area contributed by atoms with Crippen molar-refractivity contribution >= 4 is 11.3 Å². The van der Waals surface area contributed by atoms with Crippen LogP contribution in [-0.4, -0.2) is 17.8 Å². The third-order valence-corrected chi connectivity index (χ3v) is 3.85. The van der Waals surface area contributed by atoms with E-state index in [1.165, 1.54) is 30.6 Å². The normalized spacial score (nSPS) is 15.8. The van der Waals surface area contributed by atoms with E-state index in [2.05, 4.69) is 17.2 Å². The van der Waals surface area contributed by atoms with Gasteiger partial charge in [0.05, 0.1) is 19.3 Å². The Balaban J connectivity index is 1.87. The van der Waals surface area contributed by atoms with Gasteiger partial charge in [-0.05, 0) is 24.3 Å². The molecule has 1 fully saturated rings. The second-order valence-electron chi connectivity index (χ2n) is 4.25. The van der Waals surface area contributed by atoms with Crippen molar-refractivity contribution in [1.29, 1.82) is 0 Å². The summed E-state index contributed by atoms with van der Waals surface area (Å²) in [5.74, 6) is 6.05. The maximum absolute atomic E-state index is 8.69. The van der Waals surface area contributed by atoms with Gasteiger partial charge in [-0.3, -0.25) is 0 Å². The minimum atomic E-state index is 0.130. The van der Waals surface area contributed by atoms with Crippen molar-refractivity contribution < 1.29 is 9.84 Å². The number of hydrogen-bond acceptors (Lipinski definition) is 3. The fraction of sp³-hybridized carbons (Fsp3) is 0.571. The van der Waals surface area contributed by atoms with Gasteiger partial charge in [0.2, 0.25) is 0 Å². The summed E-state index contributed by atoms with van der Waals surface area (Å²) < 4.78 is 5.89. The van der Waals surface area contributed by atoms with E-state index < -0.39 is 0 Å². The summed E-state index contributed by atoms with van der Waals surface area (Å²) in [6.07, 6.45) is 6.01. The highest BCUT2D eigenvalue weighted by Crippen LogP contribution is 2.24. The minimum absolute atomic E-state index is 0.130. The number of rotatable bonds is 4. The van der Waals surface area contributed by atoms with Crippen molar-refractivity contribution in [2.24, 2.45) is 0 Å². The predicted octanol–water partition coefficient (Wildman–Crippen LogP) is 2.94. The van der Waals surface area contributed by atoms with Gasteiger partial charge < -0.3 is 9.84 Å². The van der Waals surface area contributed by atoms with Crippen LogP contribution in [0.3, 0.4) is 0 Å². The summed E-state index contributed by atoms with van der Waals surface area (Å²) in [4.78, 5) is 1.21. The van der Waals surface area contributed by atoms with Crippen LogP contribution in [0.4, 0.5) is 0 Å². The van der Waals surface area contributed by atoms with E-state index in [9.17, 15) is 0 Å². The highest BCUT2D eigenvalue weighted by atomic mass is 32.1. The zero-order valence-electron chi connectivity index (χ0n) is 9.95. The maximum atomic E-state index is 8.69. The Morgan fingerprint density at radius 2 is 2.24 bits per heavy atom. The van der Waals surface area contributed by atoms with Gasteiger partial charge in [0.1, 0.15) is 0 Å². The van der Waals surface area contributed by atoms with Crippen LogP contribution in [0, 0.1) is 11.8 Å². The van der Waals surface area contributed by atoms with E-state index in [1.54, 1.807) is 11.3 Å². The lowest BCUT2D eigenvalue weighted by Crippen LogP contribution is -2.06. The van der Waals surface area contributed by atoms with Gasteiger partial charge in [0.25, 0.3) is 0 Å². The molecule has 0 unspecified atom stereocenters. The van der Waals surface area contributed by atoms with Crippen LogP contribution < -0.4 is 0 Å². The molecule has 0 aromatic carbocycles. The Morgan fingerprint density at radius 1 is 1.41 bits per heavy atom. The molecule has 0 atom stereocenters. The molecule has 2 rings (SSSR count). The Hall–Kier alpha value is -0.820. The Morgan fingerprint density at radius 3 is 3.00 bits per heavy atom. The molecule has 2 nitrogen and oxygen atoms in total. The predicted molar refractivity (Wildman–Crippen MR) is 69.9 cm³/mol. The first-order chi connectivity index (χ1) is 8.40. The largest absolute Gasteiger partial charge is 0.395 e. The molecule has 3 heteroatoms. The second kappa shape index (κ2) is 6.80. The molecule has 1 heterocycles. The highest BCUT2D eigenvalue weighted by Gasteiger charge is 2.15. The molecule has 0 bridgehead atoms. The molecule has 17 heavy (non-hydrogen) atoms. The number of hydrogen-bond donors (Lipinski definition) is 1. The van der Waals surface area contributed by atoms with E-state index in [0.717, 1.165) is 5.56 Å². The number of thiophene rings is 1. The molecule has 1 aliphatic rings. The average Bonchev–Trinajstić information content (AvgIpc) is 2.97. The summed E-state index contributed by atoms with van der Waals surface area (Å²) >= 11 is 1.70. The molecule has 0 saturated heterocycles. The molecule has 1 aromatic heterocycles. The van der Waals surface area contributed by atoms with Gasteiger partial charge in [0.15, 0.2) is 0 Å². The van der Waals surface area contributed by atoms with Crippen LogP contribution in [0.25, 0.3) is 0 Å². The van der Waals surface area contributed by atoms with Gasteiger partial charge in [-0.1, -0.05) is 24.7 Å². The van der Waals surface area contributed by atoms with Crippen LogP contribution in [0.15, 0.2) is 11.4 Å². The Bertz CT molecular complexity index is 394. The van der Waals surface area contributed by atoms with Crippen molar-refractivity contribution in [2.75, 3.05) is 6.61 Å². The van der Waals surface area contributed by atoms with Crippen molar-refractivity contribution in [1.82, 2.24) is 0 Å². The topological polar surface area (TPSA) is 29.5 Å². The Labute approximate surface area is 107 Å². The first-order valence-electron chi connectivity index (χ1n) is 6.18. The fourth-order valence-electron chi connectivity index (χ4n) is 2.03. The van der Waals surface area contributed by atoms with Crippen molar-refractivity contribution in [3.8, 4) is 11.8 Å². The monoisotopic (exact) mass is 250 g/mol. The van der Waals surface area contributed by atoms with Crippen molar-refractivity contribution in [3.05, 3.63) is 21.9 Å². The Kier molecular flexibility index (Phi) is 5.06. The van der Waals surface area contributed by atoms with Crippen LogP contribution in [0.1, 0.15) is 42.5 Å². The number of aliphatic hydroxyl groups excluding tert-OH is 1. The SMILES string of the molecule is OCCC#Cc1ccsc1COC1CCCC1. The lowest BCUT2D eigenvalue weighted by atomic mass is 10.2. The van der Waals surface area contributed by atoms with Crippen LogP contribution in [0.2, 0.25) is 0 Å². The molecule has 0 spiro atoms. The molecule has 1 aromatic rings. The minimum Gasteiger partial charge on any atom is -0.395 e. The molecule has 1 saturated carbocycles. The average molecular weight is 250 g/mol. The summed E-state index contributed by atoms with van der Waals surface area (Å²) in [5.41, 5.74) is 1.06. The smallest absolute Gasteiger partial charge is 0.0825 e. The van der Waals surface area contributed by atoms with Crippen molar-refractivity contribution in [2.45, 2.75) is 44.8 Å². The van der Waals surface area contributed by atoms with E-state index in [4.69, 9.17) is 9.84 Å². The molecule has 0 aliphatic heterocycles. The van der Waals surface area contributed by atoms with E-state index in [1.807, 2.05) is 6.07 Å². The van der Waals surface area contributed by atoms with Crippen LogP contribution in [0.5, 0.6) is 0 Å². The third kappa shape index (κ3) is 3.85. The molecule has 0 radical (unpaired) electrons. The second-order valence-corrected chi connectivity index (χ2v) is 5.25. The lowest BCUT2D eigenvalue weighted by Gasteiger charge is -2.09. The van der Waals surface area contributed by atoms with Gasteiger partial charge in [-0.15, -0.1) is 11.3 Å². The van der Waals surface area contributed by atoms with Crippen LogP contribution in [-0.2, 0) is 11.3 Å². The first-order valence-corrected chi connectivity index (χ1v) is 7.06. The first kappa shape index (κ1) is 12.6. The lowest BCUT2D eigenvalue weighted by molar-refractivity contribution is 0.0472. The summed E-state index contributed by atoms with van der Waals surface area (Å²) in [6, 6.07) is 2.03. The highest BCUT2D eigenvalue weighted by molar-refractivity contribution is 7.10. The summed E-state index contributed by atoms with van der Waals surface area (Å²) in [6.45, 7) is 0.816. The van der Waals surface area contributed by atoms with E-state index >= 15 is 0 Å². The van der Waals surface area contributed by atoms with Crippen LogP contribution >= 0.6 is 11.3 Å². The molecule has 0 amide bonds. The van der Waals surface area contributed by atoms with E-state index in [-0.39, 0.29) is 6.61 Å². The van der Waals surface area contributed by atoms with Gasteiger partial charge in [0, 0.05) is 16.9 Å². The van der Waals surface area contributed by atoms with E-state index in [0.29, 0.717) is 19.1 Å². The molecular weight excluding hydrogens is 232 g/mol.